The molecular formula is C9H11N3O2. The van der Waals surface area contributed by atoms with Crippen LogP contribution in [0.2, 0.25) is 0 Å². The number of nitrogens with zero attached hydrogens (tertiary/aromatic N) is 2. The summed E-state index contributed by atoms with van der Waals surface area (Å²) in [6, 6.07) is 1.78. The Kier molecular flexibility index (Phi) is 1.99. The number of ether oxygens (including phenoxy) is 1. The van der Waals surface area contributed by atoms with Crippen molar-refractivity contribution in [3.8, 4) is 5.75 Å². The number of nitrogens with one attached hydrogen (secondary N) is 1. The highest BCUT2D eigenvalue weighted by atomic mass is 16.5. The van der Waals surface area contributed by atoms with Crippen molar-refractivity contribution in [2.24, 2.45) is 0 Å². The Morgan fingerprint density at radius 1 is 1.64 bits per heavy atom. The lowest BCUT2D eigenvalue weighted by Crippen LogP contribution is -2.35. The third-order valence-corrected chi connectivity index (χ3v) is 2.19. The van der Waals surface area contributed by atoms with E-state index >= 15 is 0 Å². The first-order valence-electron chi connectivity index (χ1n) is 4.29. The fourth-order valence-corrected chi connectivity index (χ4v) is 1.30. The minimum absolute atomic E-state index is 0.0588. The number of hydrogen-bond donors (Lipinski definition) is 1. The molecule has 0 saturated carbocycles. The first-order chi connectivity index (χ1) is 6.72. The van der Waals surface area contributed by atoms with Gasteiger partial charge in [0, 0.05) is 20.2 Å². The molecular weight excluding hydrogens is 182 g/mol. The van der Waals surface area contributed by atoms with Crippen LogP contribution < -0.4 is 15.0 Å². The lowest BCUT2D eigenvalue weighted by Gasteiger charge is -2.25. The van der Waals surface area contributed by atoms with Crippen molar-refractivity contribution in [1.82, 2.24) is 4.98 Å². The minimum atomic E-state index is -0.0588. The van der Waals surface area contributed by atoms with Crippen molar-refractivity contribution < 1.29 is 9.53 Å². The van der Waals surface area contributed by atoms with E-state index < -0.39 is 0 Å². The molecule has 1 aliphatic heterocycles. The third kappa shape index (κ3) is 1.26. The Bertz CT molecular complexity index is 378. The standard InChI is InChI=1S/C9H11N3O2/c1-10-8-3-7-6(4-11-8)12(2)9(13)5-14-7/h3-4H,5H2,1-2H3,(H,10,11). The third-order valence-electron chi connectivity index (χ3n) is 2.19. The summed E-state index contributed by atoms with van der Waals surface area (Å²) in [4.78, 5) is 16.9. The summed E-state index contributed by atoms with van der Waals surface area (Å²) in [6.45, 7) is 0.0939. The summed E-state index contributed by atoms with van der Waals surface area (Å²) < 4.78 is 5.28. The summed E-state index contributed by atoms with van der Waals surface area (Å²) in [5, 5.41) is 2.91. The van der Waals surface area contributed by atoms with Crippen LogP contribution in [0.1, 0.15) is 0 Å². The molecule has 0 bridgehead atoms. The Hall–Kier alpha value is -1.78. The molecule has 1 N–H and O–H groups in total. The predicted octanol–water partition coefficient (Wildman–Crippen LogP) is 0.478. The topological polar surface area (TPSA) is 54.5 Å². The van der Waals surface area contributed by atoms with Crippen LogP contribution in [0.3, 0.4) is 0 Å². The number of amides is 1. The molecule has 1 amide bonds. The molecule has 0 radical (unpaired) electrons. The van der Waals surface area contributed by atoms with Gasteiger partial charge in [-0.2, -0.15) is 0 Å². The van der Waals surface area contributed by atoms with E-state index in [0.717, 1.165) is 5.82 Å². The second-order valence-electron chi connectivity index (χ2n) is 3.03. The molecule has 1 aromatic heterocycles. The van der Waals surface area contributed by atoms with Gasteiger partial charge in [-0.25, -0.2) is 4.98 Å². The van der Waals surface area contributed by atoms with Crippen molar-refractivity contribution in [3.63, 3.8) is 0 Å². The van der Waals surface area contributed by atoms with Crippen LogP contribution in [0.4, 0.5) is 11.5 Å². The molecule has 0 spiro atoms. The number of carbonyl (C=O) groups excluding carboxylic acids is 1. The van der Waals surface area contributed by atoms with Gasteiger partial charge in [0.25, 0.3) is 5.91 Å². The average molecular weight is 193 g/mol. The monoisotopic (exact) mass is 193 g/mol. The van der Waals surface area contributed by atoms with Crippen molar-refractivity contribution in [3.05, 3.63) is 12.3 Å². The Morgan fingerprint density at radius 2 is 2.43 bits per heavy atom. The normalized spacial score (nSPS) is 14.7. The molecule has 0 atom stereocenters. The number of anilines is 2. The van der Waals surface area contributed by atoms with Crippen molar-refractivity contribution in [2.45, 2.75) is 0 Å². The molecule has 1 aromatic rings. The molecule has 14 heavy (non-hydrogen) atoms. The van der Waals surface area contributed by atoms with Gasteiger partial charge in [0.2, 0.25) is 0 Å². The summed E-state index contributed by atoms with van der Waals surface area (Å²) in [6.07, 6.45) is 1.62. The molecule has 0 unspecified atom stereocenters. The SMILES string of the molecule is CNc1cc2c(cn1)N(C)C(=O)CO2. The van der Waals surface area contributed by atoms with E-state index in [2.05, 4.69) is 10.3 Å². The van der Waals surface area contributed by atoms with Crippen LogP contribution in [0, 0.1) is 0 Å². The summed E-state index contributed by atoms with van der Waals surface area (Å²) in [5.41, 5.74) is 0.709. The first kappa shape index (κ1) is 8.80. The van der Waals surface area contributed by atoms with E-state index in [0.29, 0.717) is 11.4 Å². The maximum Gasteiger partial charge on any atom is 0.264 e. The minimum Gasteiger partial charge on any atom is -0.481 e. The smallest absolute Gasteiger partial charge is 0.264 e. The molecule has 74 valence electrons. The zero-order valence-electron chi connectivity index (χ0n) is 8.07. The quantitative estimate of drug-likeness (QED) is 0.704. The number of likely N-dealkylation sites (N-methyl/N-ethyl adjacent to an activating group) is 1. The number of aromatic nitrogens is 1. The van der Waals surface area contributed by atoms with E-state index in [1.807, 2.05) is 0 Å². The second kappa shape index (κ2) is 3.17. The van der Waals surface area contributed by atoms with Crippen LogP contribution in [0.25, 0.3) is 0 Å². The van der Waals surface area contributed by atoms with Gasteiger partial charge in [-0.1, -0.05) is 0 Å². The highest BCUT2D eigenvalue weighted by Gasteiger charge is 2.22. The van der Waals surface area contributed by atoms with Crippen LogP contribution >= 0.6 is 0 Å². The Morgan fingerprint density at radius 3 is 3.14 bits per heavy atom. The Labute approximate surface area is 81.7 Å². The summed E-state index contributed by atoms with van der Waals surface area (Å²) in [5.74, 6) is 1.36. The van der Waals surface area contributed by atoms with E-state index in [9.17, 15) is 4.79 Å². The van der Waals surface area contributed by atoms with Gasteiger partial charge in [0.1, 0.15) is 17.3 Å². The zero-order chi connectivity index (χ0) is 10.1. The molecule has 0 fully saturated rings. The first-order valence-corrected chi connectivity index (χ1v) is 4.29. The maximum absolute atomic E-state index is 11.3. The molecule has 2 rings (SSSR count). The molecule has 1 aliphatic rings. The number of rotatable bonds is 1. The fourth-order valence-electron chi connectivity index (χ4n) is 1.30. The van der Waals surface area contributed by atoms with Crippen LogP contribution in [-0.2, 0) is 4.79 Å². The molecule has 0 aromatic carbocycles. The van der Waals surface area contributed by atoms with Crippen molar-refractivity contribution in [1.29, 1.82) is 0 Å². The molecule has 2 heterocycles. The summed E-state index contributed by atoms with van der Waals surface area (Å²) >= 11 is 0. The van der Waals surface area contributed by atoms with Crippen molar-refractivity contribution >= 4 is 17.4 Å². The summed E-state index contributed by atoms with van der Waals surface area (Å²) in [7, 11) is 3.50. The number of hydrogen-bond acceptors (Lipinski definition) is 4. The van der Waals surface area contributed by atoms with Gasteiger partial charge in [0.05, 0.1) is 6.20 Å². The highest BCUT2D eigenvalue weighted by Crippen LogP contribution is 2.31. The number of carbonyl (C=O) groups is 1. The van der Waals surface area contributed by atoms with Gasteiger partial charge >= 0.3 is 0 Å². The fraction of sp³-hybridized carbons (Fsp3) is 0.333. The van der Waals surface area contributed by atoms with Crippen molar-refractivity contribution in [2.75, 3.05) is 30.9 Å². The van der Waals surface area contributed by atoms with Gasteiger partial charge in [0.15, 0.2) is 6.61 Å². The predicted molar refractivity (Wildman–Crippen MR) is 52.7 cm³/mol. The maximum atomic E-state index is 11.3. The lowest BCUT2D eigenvalue weighted by molar-refractivity contribution is -0.120. The molecule has 0 aliphatic carbocycles. The van der Waals surface area contributed by atoms with E-state index in [-0.39, 0.29) is 12.5 Å². The second-order valence-corrected chi connectivity index (χ2v) is 3.03. The van der Waals surface area contributed by atoms with Gasteiger partial charge in [-0.3, -0.25) is 4.79 Å². The highest BCUT2D eigenvalue weighted by molar-refractivity contribution is 5.97. The number of pyridine rings is 1. The molecule has 5 heteroatoms. The largest absolute Gasteiger partial charge is 0.481 e. The van der Waals surface area contributed by atoms with E-state index in [1.165, 1.54) is 0 Å². The average Bonchev–Trinajstić information content (AvgIpc) is 2.23. The van der Waals surface area contributed by atoms with Crippen LogP contribution in [0.15, 0.2) is 12.3 Å². The van der Waals surface area contributed by atoms with E-state index in [1.54, 1.807) is 31.3 Å². The molecule has 0 saturated heterocycles. The zero-order valence-corrected chi connectivity index (χ0v) is 8.07. The van der Waals surface area contributed by atoms with E-state index in [4.69, 9.17) is 4.74 Å². The molecule has 5 nitrogen and oxygen atoms in total. The van der Waals surface area contributed by atoms with Crippen LogP contribution in [-0.4, -0.2) is 31.6 Å². The van der Waals surface area contributed by atoms with Gasteiger partial charge < -0.3 is 15.0 Å². The lowest BCUT2D eigenvalue weighted by atomic mass is 10.3. The Balaban J connectivity index is 2.43. The van der Waals surface area contributed by atoms with Gasteiger partial charge in [-0.05, 0) is 0 Å². The number of fused-ring (bicyclic) bond motifs is 1. The van der Waals surface area contributed by atoms with Crippen LogP contribution in [0.5, 0.6) is 5.75 Å². The van der Waals surface area contributed by atoms with Gasteiger partial charge in [-0.15, -0.1) is 0 Å².